The lowest BCUT2D eigenvalue weighted by atomic mass is 9.74. The third-order valence-electron chi connectivity index (χ3n) is 3.42. The highest BCUT2D eigenvalue weighted by Crippen LogP contribution is 2.50. The second-order valence-corrected chi connectivity index (χ2v) is 4.70. The molecule has 0 aliphatic carbocycles. The third kappa shape index (κ3) is 2.47. The molecule has 0 aromatic heterocycles. The van der Waals surface area contributed by atoms with Gasteiger partial charge in [-0.1, -0.05) is 24.3 Å². The lowest BCUT2D eigenvalue weighted by Gasteiger charge is -2.36. The molecule has 0 aliphatic heterocycles. The molecule has 22 heavy (non-hydrogen) atoms. The van der Waals surface area contributed by atoms with Crippen LogP contribution in [0.4, 0.5) is 22.0 Å². The molecule has 0 bridgehead atoms. The number of hydrogen-bond donors (Lipinski definition) is 2. The molecule has 0 atom stereocenters. The normalized spacial score (nSPS) is 12.6. The van der Waals surface area contributed by atoms with Gasteiger partial charge >= 0.3 is 6.18 Å². The fourth-order valence-electron chi connectivity index (χ4n) is 2.32. The van der Waals surface area contributed by atoms with Crippen LogP contribution in [0.25, 0.3) is 0 Å². The van der Waals surface area contributed by atoms with Crippen LogP contribution in [0.3, 0.4) is 0 Å². The van der Waals surface area contributed by atoms with Crippen molar-refractivity contribution in [2.24, 2.45) is 0 Å². The summed E-state index contributed by atoms with van der Waals surface area (Å²) in [6.07, 6.45) is -9.06. The van der Waals surface area contributed by atoms with E-state index < -0.39 is 29.1 Å². The summed E-state index contributed by atoms with van der Waals surface area (Å²) in [5.74, 6) is -0.667. The Morgan fingerprint density at radius 1 is 0.682 bits per heavy atom. The lowest BCUT2D eigenvalue weighted by Crippen LogP contribution is -2.49. The Hall–Kier alpha value is -2.31. The van der Waals surface area contributed by atoms with E-state index in [0.717, 1.165) is 48.5 Å². The first-order chi connectivity index (χ1) is 10.2. The van der Waals surface area contributed by atoms with Crippen molar-refractivity contribution < 1.29 is 32.2 Å². The molecule has 0 spiro atoms. The molecule has 0 saturated heterocycles. The summed E-state index contributed by atoms with van der Waals surface area (Å²) in [7, 11) is 0. The van der Waals surface area contributed by atoms with Crippen LogP contribution in [-0.4, -0.2) is 22.8 Å². The van der Waals surface area contributed by atoms with Crippen molar-refractivity contribution >= 4 is 0 Å². The summed E-state index contributed by atoms with van der Waals surface area (Å²) in [5, 5.41) is 18.3. The van der Waals surface area contributed by atoms with Crippen molar-refractivity contribution in [3.63, 3.8) is 0 Å². The molecule has 0 fully saturated rings. The summed E-state index contributed by atoms with van der Waals surface area (Å²) in [6, 6.07) is 6.89. The third-order valence-corrected chi connectivity index (χ3v) is 3.42. The largest absolute Gasteiger partial charge is 0.508 e. The predicted molar refractivity (Wildman–Crippen MR) is 69.1 cm³/mol. The van der Waals surface area contributed by atoms with E-state index >= 15 is 0 Å². The van der Waals surface area contributed by atoms with Crippen LogP contribution in [0, 0.1) is 0 Å². The van der Waals surface area contributed by atoms with Crippen LogP contribution in [-0.2, 0) is 5.41 Å². The van der Waals surface area contributed by atoms with E-state index in [4.69, 9.17) is 10.2 Å². The average Bonchev–Trinajstić information content (AvgIpc) is 2.41. The van der Waals surface area contributed by atoms with E-state index in [9.17, 15) is 22.0 Å². The van der Waals surface area contributed by atoms with Gasteiger partial charge < -0.3 is 10.2 Å². The van der Waals surface area contributed by atoms with Gasteiger partial charge in [0.1, 0.15) is 11.5 Å². The summed E-state index contributed by atoms with van der Waals surface area (Å²) in [4.78, 5) is 0. The number of alkyl halides is 5. The van der Waals surface area contributed by atoms with Crippen LogP contribution in [0.2, 0.25) is 0 Å². The van der Waals surface area contributed by atoms with Gasteiger partial charge in [0.2, 0.25) is 0 Å². The van der Waals surface area contributed by atoms with Crippen molar-refractivity contribution in [2.45, 2.75) is 18.0 Å². The average molecular weight is 318 g/mol. The highest BCUT2D eigenvalue weighted by Gasteiger charge is 2.63. The first-order valence-electron chi connectivity index (χ1n) is 6.13. The number of benzene rings is 2. The van der Waals surface area contributed by atoms with E-state index in [1.165, 1.54) is 0 Å². The van der Waals surface area contributed by atoms with Gasteiger partial charge in [0.25, 0.3) is 6.43 Å². The molecular formula is C15H11F5O2. The number of rotatable bonds is 3. The standard InChI is InChI=1S/C15H11F5O2/c16-13(17)14(15(18,19)20,9-1-5-11(21)6-2-9)10-3-7-12(22)8-4-10/h1-8,13,21-22H. The molecule has 2 aromatic carbocycles. The van der Waals surface area contributed by atoms with Crippen molar-refractivity contribution in [1.29, 1.82) is 0 Å². The minimum Gasteiger partial charge on any atom is -0.508 e. The minimum atomic E-state index is -5.28. The van der Waals surface area contributed by atoms with Gasteiger partial charge in [-0.05, 0) is 35.4 Å². The molecule has 0 radical (unpaired) electrons. The number of phenolic OH excluding ortho intramolecular Hbond substituents is 2. The molecule has 0 saturated carbocycles. The van der Waals surface area contributed by atoms with Crippen LogP contribution < -0.4 is 0 Å². The van der Waals surface area contributed by atoms with Gasteiger partial charge in [-0.15, -0.1) is 0 Å². The zero-order chi connectivity index (χ0) is 16.5. The zero-order valence-electron chi connectivity index (χ0n) is 11.0. The van der Waals surface area contributed by atoms with Crippen molar-refractivity contribution in [1.82, 2.24) is 0 Å². The smallest absolute Gasteiger partial charge is 0.407 e. The van der Waals surface area contributed by atoms with Crippen LogP contribution >= 0.6 is 0 Å². The van der Waals surface area contributed by atoms with Crippen molar-refractivity contribution in [3.05, 3.63) is 59.7 Å². The molecule has 0 unspecified atom stereocenters. The Labute approximate surface area is 122 Å². The van der Waals surface area contributed by atoms with Gasteiger partial charge in [-0.3, -0.25) is 0 Å². The number of hydrogen-bond acceptors (Lipinski definition) is 2. The molecular weight excluding hydrogens is 307 g/mol. The summed E-state index contributed by atoms with van der Waals surface area (Å²) in [6.45, 7) is 0. The number of halogens is 5. The van der Waals surface area contributed by atoms with Gasteiger partial charge in [-0.25, -0.2) is 8.78 Å². The Kier molecular flexibility index (Phi) is 4.00. The first-order valence-corrected chi connectivity index (χ1v) is 6.13. The maximum absolute atomic E-state index is 13.6. The molecule has 7 heteroatoms. The molecule has 0 heterocycles. The van der Waals surface area contributed by atoms with Crippen LogP contribution in [0.15, 0.2) is 48.5 Å². The second-order valence-electron chi connectivity index (χ2n) is 4.70. The molecule has 0 aliphatic rings. The lowest BCUT2D eigenvalue weighted by molar-refractivity contribution is -0.211. The Morgan fingerprint density at radius 3 is 1.23 bits per heavy atom. The first kappa shape index (κ1) is 16.1. The molecule has 2 nitrogen and oxygen atoms in total. The number of phenols is 2. The molecule has 2 N–H and O–H groups in total. The predicted octanol–water partition coefficient (Wildman–Crippen LogP) is 4.21. The van der Waals surface area contributed by atoms with E-state index in [1.807, 2.05) is 0 Å². The Balaban J connectivity index is 2.77. The van der Waals surface area contributed by atoms with Gasteiger partial charge in [0.15, 0.2) is 5.41 Å². The summed E-state index contributed by atoms with van der Waals surface area (Å²) >= 11 is 0. The fraction of sp³-hybridized carbons (Fsp3) is 0.200. The summed E-state index contributed by atoms with van der Waals surface area (Å²) < 4.78 is 67.9. The Bertz CT molecular complexity index is 587. The topological polar surface area (TPSA) is 40.5 Å². The van der Waals surface area contributed by atoms with E-state index in [1.54, 1.807) is 0 Å². The molecule has 2 rings (SSSR count). The second kappa shape index (κ2) is 5.47. The monoisotopic (exact) mass is 318 g/mol. The minimum absolute atomic E-state index is 0.334. The quantitative estimate of drug-likeness (QED) is 0.832. The maximum atomic E-state index is 13.6. The molecule has 0 amide bonds. The van der Waals surface area contributed by atoms with Crippen LogP contribution in [0.5, 0.6) is 11.5 Å². The molecule has 2 aromatic rings. The van der Waals surface area contributed by atoms with E-state index in [2.05, 4.69) is 0 Å². The zero-order valence-corrected chi connectivity index (χ0v) is 11.0. The highest BCUT2D eigenvalue weighted by atomic mass is 19.4. The number of aromatic hydroxyl groups is 2. The summed E-state index contributed by atoms with van der Waals surface area (Å²) in [5.41, 5.74) is -4.94. The van der Waals surface area contributed by atoms with E-state index in [-0.39, 0.29) is 11.5 Å². The van der Waals surface area contributed by atoms with Crippen LogP contribution in [0.1, 0.15) is 11.1 Å². The highest BCUT2D eigenvalue weighted by molar-refractivity contribution is 5.45. The SMILES string of the molecule is Oc1ccc(C(c2ccc(O)cc2)(C(F)F)C(F)(F)F)cc1. The molecule has 118 valence electrons. The maximum Gasteiger partial charge on any atom is 0.407 e. The van der Waals surface area contributed by atoms with E-state index in [0.29, 0.717) is 0 Å². The fourth-order valence-corrected chi connectivity index (χ4v) is 2.32. The van der Waals surface area contributed by atoms with Gasteiger partial charge in [-0.2, -0.15) is 13.2 Å². The van der Waals surface area contributed by atoms with Crippen molar-refractivity contribution in [2.75, 3.05) is 0 Å². The van der Waals surface area contributed by atoms with Gasteiger partial charge in [0, 0.05) is 0 Å². The van der Waals surface area contributed by atoms with Crippen molar-refractivity contribution in [3.8, 4) is 11.5 Å². The Morgan fingerprint density at radius 2 is 1.00 bits per heavy atom. The van der Waals surface area contributed by atoms with Gasteiger partial charge in [0.05, 0.1) is 0 Å².